The molecule has 7 nitrogen and oxygen atoms in total. The van der Waals surface area contributed by atoms with E-state index in [1.165, 1.54) is 37.2 Å². The lowest BCUT2D eigenvalue weighted by Gasteiger charge is -2.20. The number of nitrogens with zero attached hydrogens (tertiary/aromatic N) is 2. The van der Waals surface area contributed by atoms with E-state index in [1.54, 1.807) is 24.4 Å². The van der Waals surface area contributed by atoms with Gasteiger partial charge in [-0.25, -0.2) is 9.18 Å². The number of nitrogens with one attached hydrogen (secondary N) is 1. The number of pyridine rings is 1. The highest BCUT2D eigenvalue weighted by Gasteiger charge is 2.17. The number of rotatable bonds is 7. The smallest absolute Gasteiger partial charge is 0.317 e. The Balaban J connectivity index is 1.91. The van der Waals surface area contributed by atoms with Crippen molar-refractivity contribution in [1.29, 1.82) is 0 Å². The van der Waals surface area contributed by atoms with E-state index >= 15 is 0 Å². The molecule has 1 unspecified atom stereocenters. The van der Waals surface area contributed by atoms with Crippen LogP contribution in [0.25, 0.3) is 0 Å². The number of benzene rings is 1. The maximum atomic E-state index is 14.1. The van der Waals surface area contributed by atoms with Gasteiger partial charge < -0.3 is 20.1 Å². The predicted octanol–water partition coefficient (Wildman–Crippen LogP) is 2.88. The second kappa shape index (κ2) is 8.80. The van der Waals surface area contributed by atoms with Gasteiger partial charge in [0.25, 0.3) is 0 Å². The molecule has 2 rings (SSSR count). The molecule has 1 aromatic carbocycles. The van der Waals surface area contributed by atoms with E-state index in [2.05, 4.69) is 10.3 Å². The highest BCUT2D eigenvalue weighted by molar-refractivity contribution is 5.75. The molecule has 26 heavy (non-hydrogen) atoms. The summed E-state index contributed by atoms with van der Waals surface area (Å²) in [6, 6.07) is 7.28. The normalized spacial score (nSPS) is 11.5. The van der Waals surface area contributed by atoms with E-state index in [9.17, 15) is 14.0 Å². The molecule has 0 aliphatic heterocycles. The van der Waals surface area contributed by atoms with Crippen molar-refractivity contribution in [3.8, 4) is 11.5 Å². The topological polar surface area (TPSA) is 91.8 Å². The number of carboxylic acid groups (broad SMARTS) is 1. The zero-order valence-electron chi connectivity index (χ0n) is 14.5. The highest BCUT2D eigenvalue weighted by atomic mass is 19.1. The molecule has 138 valence electrons. The number of ether oxygens (including phenoxy) is 1. The lowest BCUT2D eigenvalue weighted by Crippen LogP contribution is -2.40. The summed E-state index contributed by atoms with van der Waals surface area (Å²) in [6.07, 6.45) is 3.06. The number of carbonyl (C=O) groups excluding carboxylic acids is 1. The first kappa shape index (κ1) is 19.2. The second-order valence-corrected chi connectivity index (χ2v) is 5.83. The van der Waals surface area contributed by atoms with Crippen LogP contribution < -0.4 is 10.1 Å². The van der Waals surface area contributed by atoms with Crippen molar-refractivity contribution in [1.82, 2.24) is 15.2 Å². The SMILES string of the molecule is CC(CN(C)C(=O)NCc1ccc(Oc2cccnc2)c(F)c1)C(=O)O. The van der Waals surface area contributed by atoms with Gasteiger partial charge in [0.1, 0.15) is 5.75 Å². The molecule has 2 N–H and O–H groups in total. The monoisotopic (exact) mass is 361 g/mol. The Morgan fingerprint density at radius 1 is 1.38 bits per heavy atom. The van der Waals surface area contributed by atoms with Crippen molar-refractivity contribution in [2.45, 2.75) is 13.5 Å². The molecular formula is C18H20FN3O4. The van der Waals surface area contributed by atoms with Crippen LogP contribution in [0.5, 0.6) is 11.5 Å². The molecule has 1 atom stereocenters. The number of aromatic nitrogens is 1. The zero-order valence-corrected chi connectivity index (χ0v) is 14.5. The van der Waals surface area contributed by atoms with Gasteiger partial charge in [0, 0.05) is 26.3 Å². The summed E-state index contributed by atoms with van der Waals surface area (Å²) in [5.74, 6) is -1.74. The third-order valence-corrected chi connectivity index (χ3v) is 3.62. The fourth-order valence-corrected chi connectivity index (χ4v) is 2.16. The Bertz CT molecular complexity index is 770. The van der Waals surface area contributed by atoms with Gasteiger partial charge in [0.2, 0.25) is 0 Å². The number of hydrogen-bond donors (Lipinski definition) is 2. The standard InChI is InChI=1S/C18H20FN3O4/c1-12(17(23)24)11-22(2)18(25)21-9-13-5-6-16(15(19)8-13)26-14-4-3-7-20-10-14/h3-8,10,12H,9,11H2,1-2H3,(H,21,25)(H,23,24). The van der Waals surface area contributed by atoms with Crippen LogP contribution in [0, 0.1) is 11.7 Å². The Morgan fingerprint density at radius 3 is 2.77 bits per heavy atom. The molecule has 0 spiro atoms. The molecule has 0 aliphatic rings. The fraction of sp³-hybridized carbons (Fsp3) is 0.278. The summed E-state index contributed by atoms with van der Waals surface area (Å²) in [5.41, 5.74) is 0.550. The van der Waals surface area contributed by atoms with Crippen LogP contribution in [0.4, 0.5) is 9.18 Å². The van der Waals surface area contributed by atoms with E-state index in [0.717, 1.165) is 0 Å². The Kier molecular flexibility index (Phi) is 6.48. The maximum absolute atomic E-state index is 14.1. The number of amides is 2. The molecule has 0 saturated carbocycles. The van der Waals surface area contributed by atoms with Gasteiger partial charge in [-0.05, 0) is 29.8 Å². The van der Waals surface area contributed by atoms with Crippen molar-refractivity contribution in [2.75, 3.05) is 13.6 Å². The first-order valence-electron chi connectivity index (χ1n) is 7.95. The fourth-order valence-electron chi connectivity index (χ4n) is 2.16. The van der Waals surface area contributed by atoms with Crippen LogP contribution >= 0.6 is 0 Å². The number of carboxylic acids is 1. The third-order valence-electron chi connectivity index (χ3n) is 3.62. The van der Waals surface area contributed by atoms with E-state index < -0.39 is 23.7 Å². The van der Waals surface area contributed by atoms with Crippen molar-refractivity contribution in [3.05, 3.63) is 54.1 Å². The summed E-state index contributed by atoms with van der Waals surface area (Å²) in [7, 11) is 1.50. The first-order chi connectivity index (χ1) is 12.4. The van der Waals surface area contributed by atoms with Crippen LogP contribution in [0.15, 0.2) is 42.7 Å². The first-order valence-corrected chi connectivity index (χ1v) is 7.95. The van der Waals surface area contributed by atoms with Crippen molar-refractivity contribution >= 4 is 12.0 Å². The minimum Gasteiger partial charge on any atom is -0.481 e. The number of urea groups is 1. The molecule has 0 saturated heterocycles. The summed E-state index contributed by atoms with van der Waals surface area (Å²) < 4.78 is 19.6. The van der Waals surface area contributed by atoms with E-state index in [0.29, 0.717) is 11.3 Å². The number of halogens is 1. The molecule has 0 bridgehead atoms. The van der Waals surface area contributed by atoms with Crippen molar-refractivity contribution in [3.63, 3.8) is 0 Å². The van der Waals surface area contributed by atoms with Gasteiger partial charge in [-0.2, -0.15) is 0 Å². The van der Waals surface area contributed by atoms with Gasteiger partial charge in [0.05, 0.1) is 12.1 Å². The largest absolute Gasteiger partial charge is 0.481 e. The Labute approximate surface area is 150 Å². The lowest BCUT2D eigenvalue weighted by molar-refractivity contribution is -0.141. The third kappa shape index (κ3) is 5.44. The van der Waals surface area contributed by atoms with E-state index in [1.807, 2.05) is 0 Å². The van der Waals surface area contributed by atoms with Gasteiger partial charge in [-0.15, -0.1) is 0 Å². The van der Waals surface area contributed by atoms with Crippen molar-refractivity contribution in [2.24, 2.45) is 5.92 Å². The zero-order chi connectivity index (χ0) is 19.1. The van der Waals surface area contributed by atoms with E-state index in [-0.39, 0.29) is 18.8 Å². The Hall–Kier alpha value is -3.16. The highest BCUT2D eigenvalue weighted by Crippen LogP contribution is 2.24. The Morgan fingerprint density at radius 2 is 2.15 bits per heavy atom. The maximum Gasteiger partial charge on any atom is 0.317 e. The molecule has 2 aromatic rings. The minimum atomic E-state index is -0.976. The molecule has 2 amide bonds. The summed E-state index contributed by atoms with van der Waals surface area (Å²) in [4.78, 5) is 27.9. The molecule has 0 aliphatic carbocycles. The van der Waals surface area contributed by atoms with Crippen molar-refractivity contribution < 1.29 is 23.8 Å². The minimum absolute atomic E-state index is 0.0560. The van der Waals surface area contributed by atoms with Gasteiger partial charge in [-0.1, -0.05) is 13.0 Å². The van der Waals surface area contributed by atoms with Crippen LogP contribution in [0.3, 0.4) is 0 Å². The van der Waals surface area contributed by atoms with Crippen LogP contribution in [-0.4, -0.2) is 40.6 Å². The quantitative estimate of drug-likeness (QED) is 0.791. The summed E-state index contributed by atoms with van der Waals surface area (Å²) in [5, 5.41) is 11.5. The molecular weight excluding hydrogens is 341 g/mol. The lowest BCUT2D eigenvalue weighted by atomic mass is 10.2. The number of hydrogen-bond acceptors (Lipinski definition) is 4. The van der Waals surface area contributed by atoms with Crippen LogP contribution in [0.1, 0.15) is 12.5 Å². The predicted molar refractivity (Wildman–Crippen MR) is 92.4 cm³/mol. The molecule has 0 fully saturated rings. The average Bonchev–Trinajstić information content (AvgIpc) is 2.62. The average molecular weight is 361 g/mol. The number of aliphatic carboxylic acids is 1. The summed E-state index contributed by atoms with van der Waals surface area (Å²) in [6.45, 7) is 1.70. The van der Waals surface area contributed by atoms with Gasteiger partial charge >= 0.3 is 12.0 Å². The summed E-state index contributed by atoms with van der Waals surface area (Å²) >= 11 is 0. The van der Waals surface area contributed by atoms with Crippen LogP contribution in [0.2, 0.25) is 0 Å². The van der Waals surface area contributed by atoms with E-state index in [4.69, 9.17) is 9.84 Å². The molecule has 0 radical (unpaired) electrons. The molecule has 1 heterocycles. The van der Waals surface area contributed by atoms with Crippen LogP contribution in [-0.2, 0) is 11.3 Å². The van der Waals surface area contributed by atoms with Gasteiger partial charge in [-0.3, -0.25) is 9.78 Å². The van der Waals surface area contributed by atoms with Gasteiger partial charge in [0.15, 0.2) is 11.6 Å². The molecule has 1 aromatic heterocycles. The second-order valence-electron chi connectivity index (χ2n) is 5.83. The molecule has 8 heteroatoms. The number of carbonyl (C=O) groups is 2.